The molecule has 3 N–H and O–H groups in total. The van der Waals surface area contributed by atoms with Crippen molar-refractivity contribution in [1.82, 2.24) is 4.98 Å². The van der Waals surface area contributed by atoms with E-state index in [9.17, 15) is 13.5 Å². The molecule has 1 heterocycles. The van der Waals surface area contributed by atoms with E-state index in [0.29, 0.717) is 5.69 Å². The maximum Gasteiger partial charge on any atom is 0.229 e. The van der Waals surface area contributed by atoms with Gasteiger partial charge in [0.25, 0.3) is 0 Å². The Morgan fingerprint density at radius 1 is 1.38 bits per heavy atom. The number of anilines is 1. The van der Waals surface area contributed by atoms with E-state index in [1.807, 2.05) is 0 Å². The molecule has 16 heavy (non-hydrogen) atoms. The van der Waals surface area contributed by atoms with Gasteiger partial charge in [-0.15, -0.1) is 0 Å². The fourth-order valence-electron chi connectivity index (χ4n) is 1.64. The van der Waals surface area contributed by atoms with Gasteiger partial charge in [0.05, 0.1) is 11.9 Å². The van der Waals surface area contributed by atoms with Crippen molar-refractivity contribution >= 4 is 26.6 Å². The van der Waals surface area contributed by atoms with Crippen molar-refractivity contribution in [2.24, 2.45) is 0 Å². The summed E-state index contributed by atoms with van der Waals surface area (Å²) in [6.45, 7) is 1.79. The maximum absolute atomic E-state index is 11.1. The van der Waals surface area contributed by atoms with E-state index in [-0.39, 0.29) is 5.88 Å². The third-order valence-corrected chi connectivity index (χ3v) is 2.94. The lowest BCUT2D eigenvalue weighted by Gasteiger charge is -2.07. The van der Waals surface area contributed by atoms with Crippen molar-refractivity contribution in [3.8, 4) is 5.88 Å². The summed E-state index contributed by atoms with van der Waals surface area (Å²) >= 11 is 0. The number of fused-ring (bicyclic) bond motifs is 1. The second-order valence-electron chi connectivity index (χ2n) is 3.73. The van der Waals surface area contributed by atoms with Crippen molar-refractivity contribution in [2.45, 2.75) is 6.92 Å². The zero-order valence-electron chi connectivity index (χ0n) is 8.90. The molecular formula is C10H12N2O3S. The molecule has 0 atom stereocenters. The molecule has 1 aromatic carbocycles. The minimum Gasteiger partial charge on any atom is -0.495 e. The van der Waals surface area contributed by atoms with Gasteiger partial charge in [-0.3, -0.25) is 4.72 Å². The number of aryl methyl sites for hydroxylation is 1. The predicted molar refractivity (Wildman–Crippen MR) is 63.2 cm³/mol. The normalized spacial score (nSPS) is 11.9. The van der Waals surface area contributed by atoms with Crippen LogP contribution < -0.4 is 4.72 Å². The van der Waals surface area contributed by atoms with Gasteiger partial charge in [-0.1, -0.05) is 0 Å². The number of benzene rings is 1. The summed E-state index contributed by atoms with van der Waals surface area (Å²) in [7, 11) is -3.28. The summed E-state index contributed by atoms with van der Waals surface area (Å²) in [5.41, 5.74) is 2.07. The van der Waals surface area contributed by atoms with Crippen molar-refractivity contribution < 1.29 is 13.5 Å². The van der Waals surface area contributed by atoms with Gasteiger partial charge >= 0.3 is 0 Å². The molecule has 0 amide bonds. The molecule has 2 rings (SSSR count). The van der Waals surface area contributed by atoms with Gasteiger partial charge in [0.15, 0.2) is 5.88 Å². The largest absolute Gasteiger partial charge is 0.495 e. The van der Waals surface area contributed by atoms with Crippen LogP contribution >= 0.6 is 0 Å². The molecule has 0 saturated heterocycles. The van der Waals surface area contributed by atoms with Crippen LogP contribution in [0.25, 0.3) is 10.9 Å². The first-order valence-electron chi connectivity index (χ1n) is 4.66. The minimum atomic E-state index is -3.28. The molecule has 0 unspecified atom stereocenters. The molecule has 0 fully saturated rings. The summed E-state index contributed by atoms with van der Waals surface area (Å²) in [6, 6.07) is 4.95. The molecule has 1 aromatic heterocycles. The fraction of sp³-hybridized carbons (Fsp3) is 0.200. The standard InChI is InChI=1S/C10H12N2O3S/c1-6-7-5-10(13)11-9(7)4-3-8(6)12-16(2,14)15/h3-5,11-13H,1-2H3. The molecule has 0 radical (unpaired) electrons. The van der Waals surface area contributed by atoms with E-state index in [0.717, 1.165) is 22.7 Å². The molecule has 0 saturated carbocycles. The molecule has 0 aliphatic rings. The Kier molecular flexibility index (Phi) is 2.31. The number of hydrogen-bond donors (Lipinski definition) is 3. The molecule has 0 aliphatic carbocycles. The van der Waals surface area contributed by atoms with Gasteiger partial charge in [-0.25, -0.2) is 8.42 Å². The molecule has 6 heteroatoms. The maximum atomic E-state index is 11.1. The summed E-state index contributed by atoms with van der Waals surface area (Å²) in [6.07, 6.45) is 1.10. The lowest BCUT2D eigenvalue weighted by atomic mass is 10.1. The van der Waals surface area contributed by atoms with E-state index in [1.54, 1.807) is 25.1 Å². The lowest BCUT2D eigenvalue weighted by molar-refractivity contribution is 0.458. The van der Waals surface area contributed by atoms with Crippen LogP contribution in [0.4, 0.5) is 5.69 Å². The van der Waals surface area contributed by atoms with Gasteiger partial charge in [0.2, 0.25) is 10.0 Å². The second kappa shape index (κ2) is 3.41. The highest BCUT2D eigenvalue weighted by atomic mass is 32.2. The Labute approximate surface area is 93.2 Å². The first kappa shape index (κ1) is 10.8. The third-order valence-electron chi connectivity index (χ3n) is 2.35. The fourth-order valence-corrected chi connectivity index (χ4v) is 2.27. The quantitative estimate of drug-likeness (QED) is 0.744. The molecule has 86 valence electrons. The van der Waals surface area contributed by atoms with Crippen LogP contribution in [0.1, 0.15) is 5.56 Å². The molecule has 0 aliphatic heterocycles. The monoisotopic (exact) mass is 240 g/mol. The zero-order chi connectivity index (χ0) is 11.9. The number of hydrogen-bond acceptors (Lipinski definition) is 3. The van der Waals surface area contributed by atoms with Gasteiger partial charge in [-0.05, 0) is 24.6 Å². The van der Waals surface area contributed by atoms with Crippen LogP contribution in [0.15, 0.2) is 18.2 Å². The average Bonchev–Trinajstić information content (AvgIpc) is 2.50. The Morgan fingerprint density at radius 2 is 2.06 bits per heavy atom. The lowest BCUT2D eigenvalue weighted by Crippen LogP contribution is -2.10. The van der Waals surface area contributed by atoms with E-state index in [2.05, 4.69) is 9.71 Å². The number of aromatic amines is 1. The van der Waals surface area contributed by atoms with E-state index >= 15 is 0 Å². The smallest absolute Gasteiger partial charge is 0.229 e. The van der Waals surface area contributed by atoms with Crippen molar-refractivity contribution in [2.75, 3.05) is 11.0 Å². The van der Waals surface area contributed by atoms with Crippen molar-refractivity contribution in [3.05, 3.63) is 23.8 Å². The SMILES string of the molecule is Cc1c(NS(C)(=O)=O)ccc2[nH]c(O)cc12. The zero-order valence-corrected chi connectivity index (χ0v) is 9.72. The van der Waals surface area contributed by atoms with E-state index < -0.39 is 10.0 Å². The predicted octanol–water partition coefficient (Wildman–Crippen LogP) is 1.55. The van der Waals surface area contributed by atoms with Crippen LogP contribution in [0.3, 0.4) is 0 Å². The number of H-pyrrole nitrogens is 1. The summed E-state index contributed by atoms with van der Waals surface area (Å²) in [4.78, 5) is 2.77. The van der Waals surface area contributed by atoms with Crippen LogP contribution in [0, 0.1) is 6.92 Å². The Morgan fingerprint density at radius 3 is 2.69 bits per heavy atom. The second-order valence-corrected chi connectivity index (χ2v) is 5.48. The first-order valence-corrected chi connectivity index (χ1v) is 6.55. The molecule has 0 spiro atoms. The highest BCUT2D eigenvalue weighted by Gasteiger charge is 2.09. The van der Waals surface area contributed by atoms with Gasteiger partial charge in [0, 0.05) is 17.0 Å². The first-order chi connectivity index (χ1) is 7.37. The Balaban J connectivity index is 2.60. The highest BCUT2D eigenvalue weighted by Crippen LogP contribution is 2.28. The Hall–Kier alpha value is -1.69. The topological polar surface area (TPSA) is 82.2 Å². The number of aromatic nitrogens is 1. The molecule has 2 aromatic rings. The summed E-state index contributed by atoms with van der Waals surface area (Å²) < 4.78 is 24.7. The number of aromatic hydroxyl groups is 1. The van der Waals surface area contributed by atoms with E-state index in [4.69, 9.17) is 0 Å². The van der Waals surface area contributed by atoms with E-state index in [1.165, 1.54) is 0 Å². The molecule has 5 nitrogen and oxygen atoms in total. The van der Waals surface area contributed by atoms with Crippen LogP contribution in [-0.4, -0.2) is 24.8 Å². The third kappa shape index (κ3) is 1.96. The van der Waals surface area contributed by atoms with Crippen LogP contribution in [-0.2, 0) is 10.0 Å². The molecule has 0 bridgehead atoms. The minimum absolute atomic E-state index is 0.0644. The highest BCUT2D eigenvalue weighted by molar-refractivity contribution is 7.92. The Bertz CT molecular complexity index is 643. The van der Waals surface area contributed by atoms with Gasteiger partial charge < -0.3 is 10.1 Å². The van der Waals surface area contributed by atoms with Gasteiger partial charge in [0.1, 0.15) is 0 Å². The number of nitrogens with one attached hydrogen (secondary N) is 2. The van der Waals surface area contributed by atoms with Crippen LogP contribution in [0.2, 0.25) is 0 Å². The molecular weight excluding hydrogens is 228 g/mol. The summed E-state index contributed by atoms with van der Waals surface area (Å²) in [5.74, 6) is 0.0644. The summed E-state index contributed by atoms with van der Waals surface area (Å²) in [5, 5.41) is 10.1. The average molecular weight is 240 g/mol. The van der Waals surface area contributed by atoms with Gasteiger partial charge in [-0.2, -0.15) is 0 Å². The van der Waals surface area contributed by atoms with Crippen LogP contribution in [0.5, 0.6) is 5.88 Å². The number of sulfonamides is 1. The number of rotatable bonds is 2. The van der Waals surface area contributed by atoms with Crippen molar-refractivity contribution in [1.29, 1.82) is 0 Å². The van der Waals surface area contributed by atoms with Crippen molar-refractivity contribution in [3.63, 3.8) is 0 Å².